The van der Waals surface area contributed by atoms with Crippen molar-refractivity contribution in [1.29, 1.82) is 0 Å². The SMILES string of the molecule is NCC(c1c(F)cccc1Cl)N1CCOC2CCCC21. The average Bonchev–Trinajstić information content (AvgIpc) is 2.91. The Labute approximate surface area is 123 Å². The van der Waals surface area contributed by atoms with Crippen LogP contribution >= 0.6 is 11.6 Å². The van der Waals surface area contributed by atoms with Crippen molar-refractivity contribution < 1.29 is 9.13 Å². The third-order valence-corrected chi connectivity index (χ3v) is 4.81. The third-order valence-electron chi connectivity index (χ3n) is 4.48. The minimum atomic E-state index is -0.269. The standard InChI is InChI=1S/C15H20ClFN2O/c16-10-3-1-4-11(17)15(10)13(9-18)19-7-8-20-14-6-2-5-12(14)19/h1,3-4,12-14H,2,5-9,18H2. The predicted octanol–water partition coefficient (Wildman–Crippen LogP) is 2.73. The summed E-state index contributed by atoms with van der Waals surface area (Å²) in [5.74, 6) is -0.269. The molecular weight excluding hydrogens is 279 g/mol. The van der Waals surface area contributed by atoms with Crippen LogP contribution in [0.4, 0.5) is 4.39 Å². The van der Waals surface area contributed by atoms with Gasteiger partial charge in [0, 0.05) is 29.7 Å². The lowest BCUT2D eigenvalue weighted by atomic mass is 10.00. The lowest BCUT2D eigenvalue weighted by Gasteiger charge is -2.42. The fourth-order valence-corrected chi connectivity index (χ4v) is 3.88. The van der Waals surface area contributed by atoms with E-state index in [4.69, 9.17) is 22.1 Å². The molecule has 1 saturated heterocycles. The molecule has 20 heavy (non-hydrogen) atoms. The van der Waals surface area contributed by atoms with Crippen LogP contribution in [0.5, 0.6) is 0 Å². The summed E-state index contributed by atoms with van der Waals surface area (Å²) in [7, 11) is 0. The minimum absolute atomic E-state index is 0.168. The summed E-state index contributed by atoms with van der Waals surface area (Å²) in [5, 5.41) is 0.460. The Morgan fingerprint density at radius 3 is 3.05 bits per heavy atom. The van der Waals surface area contributed by atoms with E-state index in [1.165, 1.54) is 6.07 Å². The Morgan fingerprint density at radius 1 is 1.45 bits per heavy atom. The number of halogens is 2. The van der Waals surface area contributed by atoms with Gasteiger partial charge in [-0.2, -0.15) is 0 Å². The number of rotatable bonds is 3. The van der Waals surface area contributed by atoms with Gasteiger partial charge in [0.15, 0.2) is 0 Å². The molecule has 2 fully saturated rings. The molecule has 110 valence electrons. The molecule has 3 nitrogen and oxygen atoms in total. The van der Waals surface area contributed by atoms with Gasteiger partial charge >= 0.3 is 0 Å². The van der Waals surface area contributed by atoms with E-state index in [2.05, 4.69) is 4.90 Å². The number of nitrogens with two attached hydrogens (primary N) is 1. The summed E-state index contributed by atoms with van der Waals surface area (Å²) in [5.41, 5.74) is 6.48. The maximum atomic E-state index is 14.2. The molecule has 1 aromatic carbocycles. The van der Waals surface area contributed by atoms with E-state index < -0.39 is 0 Å². The Bertz CT molecular complexity index is 465. The Balaban J connectivity index is 1.93. The number of ether oxygens (including phenoxy) is 1. The molecule has 2 N–H and O–H groups in total. The van der Waals surface area contributed by atoms with E-state index in [1.54, 1.807) is 12.1 Å². The number of fused-ring (bicyclic) bond motifs is 1. The second-order valence-electron chi connectivity index (χ2n) is 5.53. The third kappa shape index (κ3) is 2.46. The van der Waals surface area contributed by atoms with Crippen LogP contribution < -0.4 is 5.73 Å². The van der Waals surface area contributed by atoms with Gasteiger partial charge in [0.25, 0.3) is 0 Å². The normalized spacial score (nSPS) is 28.4. The first kappa shape index (κ1) is 14.3. The van der Waals surface area contributed by atoms with Gasteiger partial charge in [0.05, 0.1) is 18.8 Å². The van der Waals surface area contributed by atoms with Crippen LogP contribution in [-0.4, -0.2) is 36.7 Å². The van der Waals surface area contributed by atoms with Gasteiger partial charge in [0.1, 0.15) is 5.82 Å². The van der Waals surface area contributed by atoms with Crippen molar-refractivity contribution in [3.05, 3.63) is 34.6 Å². The van der Waals surface area contributed by atoms with Crippen LogP contribution in [0.3, 0.4) is 0 Å². The lowest BCUT2D eigenvalue weighted by Crippen LogP contribution is -2.51. The first-order valence-electron chi connectivity index (χ1n) is 7.23. The van der Waals surface area contributed by atoms with E-state index in [1.807, 2.05) is 0 Å². The fraction of sp³-hybridized carbons (Fsp3) is 0.600. The van der Waals surface area contributed by atoms with Crippen molar-refractivity contribution in [3.8, 4) is 0 Å². The van der Waals surface area contributed by atoms with Crippen molar-refractivity contribution in [2.45, 2.75) is 37.5 Å². The molecule has 1 aromatic rings. The molecule has 3 atom stereocenters. The largest absolute Gasteiger partial charge is 0.375 e. The van der Waals surface area contributed by atoms with Gasteiger partial charge < -0.3 is 10.5 Å². The molecule has 1 saturated carbocycles. The number of benzene rings is 1. The highest BCUT2D eigenvalue weighted by Gasteiger charge is 2.40. The van der Waals surface area contributed by atoms with Crippen molar-refractivity contribution in [2.75, 3.05) is 19.7 Å². The van der Waals surface area contributed by atoms with Crippen LogP contribution in [0.2, 0.25) is 5.02 Å². The van der Waals surface area contributed by atoms with Crippen molar-refractivity contribution >= 4 is 11.6 Å². The topological polar surface area (TPSA) is 38.5 Å². The lowest BCUT2D eigenvalue weighted by molar-refractivity contribution is -0.0715. The number of hydrogen-bond acceptors (Lipinski definition) is 3. The molecule has 0 aromatic heterocycles. The van der Waals surface area contributed by atoms with E-state index >= 15 is 0 Å². The number of hydrogen-bond donors (Lipinski definition) is 1. The van der Waals surface area contributed by atoms with Gasteiger partial charge in [-0.05, 0) is 31.4 Å². The van der Waals surface area contributed by atoms with E-state index in [9.17, 15) is 4.39 Å². The average molecular weight is 299 g/mol. The van der Waals surface area contributed by atoms with Crippen molar-refractivity contribution in [3.63, 3.8) is 0 Å². The van der Waals surface area contributed by atoms with Crippen LogP contribution in [0.15, 0.2) is 18.2 Å². The molecule has 2 aliphatic rings. The zero-order valence-electron chi connectivity index (χ0n) is 11.4. The number of morpholine rings is 1. The summed E-state index contributed by atoms with van der Waals surface area (Å²) in [6, 6.07) is 4.99. The first-order chi connectivity index (χ1) is 9.72. The zero-order chi connectivity index (χ0) is 14.1. The van der Waals surface area contributed by atoms with Crippen LogP contribution in [0.25, 0.3) is 0 Å². The summed E-state index contributed by atoms with van der Waals surface area (Å²) in [6.45, 7) is 1.83. The molecule has 3 unspecified atom stereocenters. The highest BCUT2D eigenvalue weighted by atomic mass is 35.5. The van der Waals surface area contributed by atoms with Gasteiger partial charge in [0.2, 0.25) is 0 Å². The highest BCUT2D eigenvalue weighted by Crippen LogP contribution is 2.37. The van der Waals surface area contributed by atoms with Gasteiger partial charge in [-0.15, -0.1) is 0 Å². The van der Waals surface area contributed by atoms with Crippen LogP contribution in [0, 0.1) is 5.82 Å². The van der Waals surface area contributed by atoms with E-state index in [0.717, 1.165) is 25.8 Å². The smallest absolute Gasteiger partial charge is 0.129 e. The van der Waals surface area contributed by atoms with E-state index in [0.29, 0.717) is 29.8 Å². The number of nitrogens with zero attached hydrogens (tertiary/aromatic N) is 1. The summed E-state index contributed by atoms with van der Waals surface area (Å²) in [4.78, 5) is 2.30. The quantitative estimate of drug-likeness (QED) is 0.932. The summed E-state index contributed by atoms with van der Waals surface area (Å²) in [6.07, 6.45) is 3.61. The predicted molar refractivity (Wildman–Crippen MR) is 77.3 cm³/mol. The molecule has 5 heteroatoms. The first-order valence-corrected chi connectivity index (χ1v) is 7.61. The van der Waals surface area contributed by atoms with Crippen molar-refractivity contribution in [2.24, 2.45) is 5.73 Å². The minimum Gasteiger partial charge on any atom is -0.375 e. The van der Waals surface area contributed by atoms with Crippen LogP contribution in [-0.2, 0) is 4.74 Å². The monoisotopic (exact) mass is 298 g/mol. The molecule has 1 aliphatic heterocycles. The summed E-state index contributed by atoms with van der Waals surface area (Å²) >= 11 is 6.21. The molecule has 1 aliphatic carbocycles. The summed E-state index contributed by atoms with van der Waals surface area (Å²) < 4.78 is 20.0. The zero-order valence-corrected chi connectivity index (χ0v) is 12.2. The Morgan fingerprint density at radius 2 is 2.30 bits per heavy atom. The second-order valence-corrected chi connectivity index (χ2v) is 5.94. The van der Waals surface area contributed by atoms with Gasteiger partial charge in [-0.1, -0.05) is 17.7 Å². The Kier molecular flexibility index (Phi) is 4.26. The van der Waals surface area contributed by atoms with Gasteiger partial charge in [-0.25, -0.2) is 4.39 Å². The van der Waals surface area contributed by atoms with E-state index in [-0.39, 0.29) is 18.0 Å². The maximum Gasteiger partial charge on any atom is 0.129 e. The molecule has 0 radical (unpaired) electrons. The second kappa shape index (κ2) is 5.98. The van der Waals surface area contributed by atoms with Gasteiger partial charge in [-0.3, -0.25) is 4.90 Å². The molecule has 0 spiro atoms. The molecule has 0 bridgehead atoms. The van der Waals surface area contributed by atoms with Crippen molar-refractivity contribution in [1.82, 2.24) is 4.90 Å². The molecular formula is C15H20ClFN2O. The fourth-order valence-electron chi connectivity index (χ4n) is 3.59. The molecule has 1 heterocycles. The maximum absolute atomic E-state index is 14.2. The molecule has 3 rings (SSSR count). The Hall–Kier alpha value is -0.680. The highest BCUT2D eigenvalue weighted by molar-refractivity contribution is 6.31. The molecule has 0 amide bonds. The van der Waals surface area contributed by atoms with Crippen LogP contribution in [0.1, 0.15) is 30.9 Å².